The lowest BCUT2D eigenvalue weighted by atomic mass is 9.72. The Kier molecular flexibility index (Phi) is 11.1. The maximum atomic E-state index is 7.82. The fraction of sp³-hybridized carbons (Fsp3) is 0.208. The van der Waals surface area contributed by atoms with Gasteiger partial charge in [0.1, 0.15) is 18.0 Å². The molecule has 0 aromatic heterocycles. The number of ether oxygens (including phenoxy) is 2. The van der Waals surface area contributed by atoms with E-state index in [2.05, 4.69) is 197 Å². The van der Waals surface area contributed by atoms with Gasteiger partial charge in [-0.1, -0.05) is 221 Å². The van der Waals surface area contributed by atoms with Crippen molar-refractivity contribution in [1.82, 2.24) is 0 Å². The van der Waals surface area contributed by atoms with Crippen molar-refractivity contribution in [2.75, 3.05) is 0 Å². The molecule has 9 rings (SSSR count). The van der Waals surface area contributed by atoms with Crippen molar-refractivity contribution in [3.8, 4) is 5.75 Å². The summed E-state index contributed by atoms with van der Waals surface area (Å²) >= 11 is 0. The van der Waals surface area contributed by atoms with Gasteiger partial charge in [0.2, 0.25) is 0 Å². The molecule has 2 heterocycles. The van der Waals surface area contributed by atoms with Gasteiger partial charge in [-0.15, -0.1) is 0 Å². The highest BCUT2D eigenvalue weighted by Gasteiger charge is 2.67. The number of benzene rings is 7. The predicted molar refractivity (Wildman–Crippen MR) is 245 cm³/mol. The van der Waals surface area contributed by atoms with E-state index in [4.69, 9.17) is 23.0 Å². The zero-order chi connectivity index (χ0) is 41.4. The summed E-state index contributed by atoms with van der Waals surface area (Å²) in [5, 5.41) is 3.52. The van der Waals surface area contributed by atoms with Gasteiger partial charge in [-0.25, -0.2) is 0 Å². The summed E-state index contributed by atoms with van der Waals surface area (Å²) in [6.45, 7) is 10.7. The number of hydrogen-bond donors (Lipinski definition) is 0. The van der Waals surface area contributed by atoms with Crippen LogP contribution in [0.25, 0.3) is 0 Å². The molecule has 2 saturated heterocycles. The largest absolute Gasteiger partial charge is 0.426 e. The van der Waals surface area contributed by atoms with Crippen LogP contribution >= 0.6 is 16.5 Å². The predicted octanol–water partition coefficient (Wildman–Crippen LogP) is 11.8. The van der Waals surface area contributed by atoms with E-state index in [9.17, 15) is 0 Å². The van der Waals surface area contributed by atoms with Gasteiger partial charge in [-0.05, 0) is 60.0 Å². The smallest absolute Gasteiger partial charge is 0.399 e. The second-order valence-corrected chi connectivity index (χ2v) is 20.0. The summed E-state index contributed by atoms with van der Waals surface area (Å²) in [6.07, 6.45) is -1.42. The zero-order valence-corrected chi connectivity index (χ0v) is 36.4. The first-order chi connectivity index (χ1) is 29.1. The summed E-state index contributed by atoms with van der Waals surface area (Å²) in [5.41, 5.74) is 1.88. The van der Waals surface area contributed by atoms with E-state index >= 15 is 0 Å². The van der Waals surface area contributed by atoms with Crippen LogP contribution in [0.3, 0.4) is 0 Å². The van der Waals surface area contributed by atoms with Crippen molar-refractivity contribution in [1.29, 1.82) is 0 Å². The fourth-order valence-electron chi connectivity index (χ4n) is 8.74. The van der Waals surface area contributed by atoms with Crippen molar-refractivity contribution in [3.63, 3.8) is 0 Å². The lowest BCUT2D eigenvalue weighted by Gasteiger charge is -2.41. The van der Waals surface area contributed by atoms with Gasteiger partial charge in [0, 0.05) is 10.9 Å². The molecular weight excluding hydrogens is 779 g/mol. The van der Waals surface area contributed by atoms with Gasteiger partial charge in [0.05, 0.1) is 0 Å². The van der Waals surface area contributed by atoms with Crippen LogP contribution in [-0.2, 0) is 35.1 Å². The Hall–Kier alpha value is -4.96. The van der Waals surface area contributed by atoms with E-state index in [1.807, 2.05) is 38.1 Å². The summed E-state index contributed by atoms with van der Waals surface area (Å²) in [4.78, 5) is 0. The highest BCUT2D eigenvalue weighted by atomic mass is 31.2. The minimum absolute atomic E-state index is 0.306. The summed E-state index contributed by atoms with van der Waals surface area (Å²) < 4.78 is 37.8. The van der Waals surface area contributed by atoms with Crippen LogP contribution in [0.4, 0.5) is 0 Å². The minimum Gasteiger partial charge on any atom is -0.426 e. The van der Waals surface area contributed by atoms with Crippen molar-refractivity contribution >= 4 is 32.4 Å². The minimum atomic E-state index is -2.29. The number of para-hydroxylation sites is 1. The van der Waals surface area contributed by atoms with Gasteiger partial charge < -0.3 is 14.0 Å². The van der Waals surface area contributed by atoms with E-state index < -0.39 is 45.7 Å². The van der Waals surface area contributed by atoms with Crippen molar-refractivity contribution < 1.29 is 23.0 Å². The third-order valence-electron chi connectivity index (χ3n) is 11.4. The Morgan fingerprint density at radius 1 is 0.467 bits per heavy atom. The van der Waals surface area contributed by atoms with Crippen molar-refractivity contribution in [2.24, 2.45) is 0 Å². The maximum absolute atomic E-state index is 7.82. The second kappa shape index (κ2) is 16.5. The van der Waals surface area contributed by atoms with Crippen LogP contribution in [0, 0.1) is 0 Å². The molecule has 7 heteroatoms. The average molecular weight is 829 g/mol. The van der Waals surface area contributed by atoms with Gasteiger partial charge in [0.25, 0.3) is 0 Å². The Balaban J connectivity index is 1.35. The van der Waals surface area contributed by atoms with Crippen LogP contribution in [0.2, 0.25) is 0 Å². The average Bonchev–Trinajstić information content (AvgIpc) is 3.56. The van der Waals surface area contributed by atoms with Gasteiger partial charge >= 0.3 is 8.60 Å². The van der Waals surface area contributed by atoms with Gasteiger partial charge in [-0.3, -0.25) is 9.05 Å². The van der Waals surface area contributed by atoms with Gasteiger partial charge in [-0.2, -0.15) is 0 Å². The number of hydrogen-bond acceptors (Lipinski definition) is 5. The summed E-state index contributed by atoms with van der Waals surface area (Å²) in [5.74, 6) is -0.242. The summed E-state index contributed by atoms with van der Waals surface area (Å²) in [6, 6.07) is 69.5. The van der Waals surface area contributed by atoms with E-state index in [0.29, 0.717) is 0 Å². The standard InChI is InChI=1S/C53H50O5P2/c1-50(2,3)45-37-24-38-46(59(43-33-20-10-21-34-43)44-35-22-11-23-36-44)47(45)56-60-57-52(39-25-12-6-13-26-39,40-27-14-7-15-28-40)48-49(55-51(4,5)54-48)53(58-60,41-29-16-8-17-30-41)42-31-18-9-19-32-42/h6-38,48-49H,1-5H3/t48-,49-/m1/s1. The van der Waals surface area contributed by atoms with Crippen LogP contribution in [0.15, 0.2) is 200 Å². The number of fused-ring (bicyclic) bond motifs is 1. The third-order valence-corrected chi connectivity index (χ3v) is 15.1. The lowest BCUT2D eigenvalue weighted by molar-refractivity contribution is -0.175. The molecule has 0 radical (unpaired) electrons. The first-order valence-electron chi connectivity index (χ1n) is 20.6. The quantitative estimate of drug-likeness (QED) is 0.136. The third kappa shape index (κ3) is 7.43. The van der Waals surface area contributed by atoms with E-state index in [1.165, 1.54) is 10.6 Å². The number of rotatable bonds is 9. The molecule has 2 aliphatic heterocycles. The van der Waals surface area contributed by atoms with Crippen LogP contribution in [0.5, 0.6) is 5.75 Å². The molecule has 60 heavy (non-hydrogen) atoms. The molecular formula is C53H50O5P2. The highest BCUT2D eigenvalue weighted by molar-refractivity contribution is 7.80. The molecule has 2 fully saturated rings. The molecule has 0 unspecified atom stereocenters. The zero-order valence-electron chi connectivity index (χ0n) is 34.6. The van der Waals surface area contributed by atoms with Crippen LogP contribution in [0.1, 0.15) is 62.4 Å². The Bertz CT molecular complexity index is 2270. The van der Waals surface area contributed by atoms with Crippen molar-refractivity contribution in [3.05, 3.63) is 228 Å². The monoisotopic (exact) mass is 828 g/mol. The first kappa shape index (κ1) is 40.4. The van der Waals surface area contributed by atoms with E-state index in [0.717, 1.165) is 38.9 Å². The molecule has 7 aromatic rings. The molecule has 0 saturated carbocycles. The molecule has 5 nitrogen and oxygen atoms in total. The van der Waals surface area contributed by atoms with Crippen molar-refractivity contribution in [2.45, 2.75) is 69.2 Å². The normalized spacial score (nSPS) is 19.6. The molecule has 0 spiro atoms. The SMILES string of the molecule is CC1(C)O[C@@H]2[C@@H](O1)C(c1ccccc1)(c1ccccc1)OP(Oc1c(P(c3ccccc3)c3ccccc3)cccc1C(C)(C)C)OC2(c1ccccc1)c1ccccc1. The molecule has 0 amide bonds. The van der Waals surface area contributed by atoms with E-state index in [-0.39, 0.29) is 5.41 Å². The Morgan fingerprint density at radius 2 is 0.817 bits per heavy atom. The summed E-state index contributed by atoms with van der Waals surface area (Å²) in [7, 11) is -3.38. The second-order valence-electron chi connectivity index (χ2n) is 16.8. The first-order valence-corrected chi connectivity index (χ1v) is 23.0. The van der Waals surface area contributed by atoms with Crippen LogP contribution in [-0.4, -0.2) is 18.0 Å². The topological polar surface area (TPSA) is 46.2 Å². The maximum Gasteiger partial charge on any atom is 0.399 e. The molecule has 2 aliphatic rings. The Labute approximate surface area is 357 Å². The van der Waals surface area contributed by atoms with Crippen LogP contribution < -0.4 is 20.4 Å². The fourth-order valence-corrected chi connectivity index (χ4v) is 12.8. The van der Waals surface area contributed by atoms with Gasteiger partial charge in [0.15, 0.2) is 17.0 Å². The molecule has 7 aromatic carbocycles. The molecule has 2 atom stereocenters. The molecule has 0 N–H and O–H groups in total. The lowest BCUT2D eigenvalue weighted by Crippen LogP contribution is -2.53. The molecule has 0 aliphatic carbocycles. The molecule has 0 bridgehead atoms. The molecule has 302 valence electrons. The Morgan fingerprint density at radius 3 is 1.17 bits per heavy atom. The highest BCUT2D eigenvalue weighted by Crippen LogP contribution is 2.65. The van der Waals surface area contributed by atoms with E-state index in [1.54, 1.807) is 0 Å².